The first-order chi connectivity index (χ1) is 5.46. The molecule has 12 heavy (non-hydrogen) atoms. The molecule has 1 aromatic rings. The van der Waals surface area contributed by atoms with Gasteiger partial charge in [-0.3, -0.25) is 0 Å². The Hall–Kier alpha value is -1.39. The van der Waals surface area contributed by atoms with E-state index in [1.54, 1.807) is 0 Å². The summed E-state index contributed by atoms with van der Waals surface area (Å²) in [5, 5.41) is 8.78. The maximum Gasteiger partial charge on any atom is 0.202 e. The maximum atomic E-state index is 12.7. The third kappa shape index (κ3) is 0.975. The summed E-state index contributed by atoms with van der Waals surface area (Å²) in [5.41, 5.74) is 3.54. The van der Waals surface area contributed by atoms with Crippen LogP contribution in [0, 0.1) is 24.4 Å². The molecule has 0 aliphatic rings. The van der Waals surface area contributed by atoms with Crippen LogP contribution in [0.5, 0.6) is 5.75 Å². The van der Waals surface area contributed by atoms with Gasteiger partial charge in [-0.15, -0.1) is 0 Å². The predicted octanol–water partition coefficient (Wildman–Crippen LogP) is 1.70. The van der Waals surface area contributed by atoms with Gasteiger partial charge >= 0.3 is 0 Å². The first kappa shape index (κ1) is 8.70. The molecule has 0 bridgehead atoms. The molecule has 1 rings (SSSR count). The number of halogens is 3. The van der Waals surface area contributed by atoms with Gasteiger partial charge in [0.2, 0.25) is 5.82 Å². The molecule has 0 saturated carbocycles. The van der Waals surface area contributed by atoms with Crippen LogP contribution in [0.15, 0.2) is 0 Å². The Kier molecular flexibility index (Phi) is 1.87. The normalized spacial score (nSPS) is 10.3. The van der Waals surface area contributed by atoms with E-state index in [0.29, 0.717) is 0 Å². The first-order valence-corrected chi connectivity index (χ1v) is 3.08. The lowest BCUT2D eigenvalue weighted by Crippen LogP contribution is -2.01. The minimum atomic E-state index is -1.56. The summed E-state index contributed by atoms with van der Waals surface area (Å²) in [6.07, 6.45) is 0. The number of rotatable bonds is 0. The average molecular weight is 177 g/mol. The highest BCUT2D eigenvalue weighted by molar-refractivity contribution is 5.50. The molecular weight excluding hydrogens is 171 g/mol. The number of aromatic hydroxyl groups is 1. The fourth-order valence-electron chi connectivity index (χ4n) is 0.789. The van der Waals surface area contributed by atoms with Crippen molar-refractivity contribution in [1.82, 2.24) is 0 Å². The summed E-state index contributed by atoms with van der Waals surface area (Å²) < 4.78 is 37.8. The van der Waals surface area contributed by atoms with Gasteiger partial charge in [-0.05, 0) is 6.92 Å². The van der Waals surface area contributed by atoms with Gasteiger partial charge in [-0.25, -0.2) is 8.78 Å². The summed E-state index contributed by atoms with van der Waals surface area (Å²) in [7, 11) is 0. The SMILES string of the molecule is Cc1c(O)c(F)c(F)c(N)c1F. The molecule has 0 heterocycles. The van der Waals surface area contributed by atoms with E-state index in [9.17, 15) is 13.2 Å². The summed E-state index contributed by atoms with van der Waals surface area (Å²) >= 11 is 0. The zero-order chi connectivity index (χ0) is 9.46. The van der Waals surface area contributed by atoms with Crippen LogP contribution in [0.1, 0.15) is 5.56 Å². The number of phenolic OH excluding ortho intramolecular Hbond substituents is 1. The standard InChI is InChI=1S/C7H6F3NO/c1-2-3(8)6(11)4(9)5(10)7(2)12/h12H,11H2,1H3. The van der Waals surface area contributed by atoms with Crippen molar-refractivity contribution < 1.29 is 18.3 Å². The third-order valence-electron chi connectivity index (χ3n) is 1.56. The molecule has 0 spiro atoms. The van der Waals surface area contributed by atoms with E-state index in [-0.39, 0.29) is 0 Å². The lowest BCUT2D eigenvalue weighted by molar-refractivity contribution is 0.396. The van der Waals surface area contributed by atoms with Gasteiger partial charge in [0.05, 0.1) is 0 Å². The van der Waals surface area contributed by atoms with Crippen molar-refractivity contribution in [1.29, 1.82) is 0 Å². The van der Waals surface area contributed by atoms with Crippen molar-refractivity contribution in [2.75, 3.05) is 5.73 Å². The number of nitrogen functional groups attached to an aromatic ring is 1. The topological polar surface area (TPSA) is 46.2 Å². The Labute approximate surface area is 66.4 Å². The number of nitrogens with two attached hydrogens (primary N) is 1. The van der Waals surface area contributed by atoms with Gasteiger partial charge in [-0.1, -0.05) is 0 Å². The molecule has 66 valence electrons. The number of benzene rings is 1. The average Bonchev–Trinajstić information content (AvgIpc) is 2.08. The van der Waals surface area contributed by atoms with E-state index in [1.807, 2.05) is 0 Å². The molecule has 0 atom stereocenters. The second kappa shape index (κ2) is 2.58. The van der Waals surface area contributed by atoms with Crippen LogP contribution in [-0.2, 0) is 0 Å². The lowest BCUT2D eigenvalue weighted by Gasteiger charge is -2.05. The van der Waals surface area contributed by atoms with E-state index in [0.717, 1.165) is 6.92 Å². The minimum absolute atomic E-state index is 0.397. The molecule has 0 aliphatic heterocycles. The van der Waals surface area contributed by atoms with Gasteiger partial charge in [-0.2, -0.15) is 4.39 Å². The number of hydrogen-bond donors (Lipinski definition) is 2. The largest absolute Gasteiger partial charge is 0.504 e. The Morgan fingerprint density at radius 3 is 2.08 bits per heavy atom. The lowest BCUT2D eigenvalue weighted by atomic mass is 10.1. The summed E-state index contributed by atoms with van der Waals surface area (Å²) in [4.78, 5) is 0. The second-order valence-corrected chi connectivity index (χ2v) is 2.33. The van der Waals surface area contributed by atoms with E-state index >= 15 is 0 Å². The summed E-state index contributed by atoms with van der Waals surface area (Å²) in [6.45, 7) is 1.10. The van der Waals surface area contributed by atoms with Crippen LogP contribution in [0.3, 0.4) is 0 Å². The van der Waals surface area contributed by atoms with Gasteiger partial charge < -0.3 is 10.8 Å². The molecule has 1 aromatic carbocycles. The Bertz CT molecular complexity index is 233. The predicted molar refractivity (Wildman–Crippen MR) is 37.1 cm³/mol. The summed E-state index contributed by atoms with van der Waals surface area (Å²) in [5.74, 6) is -5.26. The molecule has 2 nitrogen and oxygen atoms in total. The van der Waals surface area contributed by atoms with Crippen molar-refractivity contribution in [2.45, 2.75) is 6.92 Å². The van der Waals surface area contributed by atoms with Crippen LogP contribution in [-0.4, -0.2) is 5.11 Å². The molecule has 0 amide bonds. The fourth-order valence-corrected chi connectivity index (χ4v) is 0.789. The smallest absolute Gasteiger partial charge is 0.202 e. The monoisotopic (exact) mass is 177 g/mol. The molecular formula is C7H6F3NO. The molecule has 0 aromatic heterocycles. The zero-order valence-corrected chi connectivity index (χ0v) is 6.16. The molecule has 0 unspecified atom stereocenters. The van der Waals surface area contributed by atoms with Crippen LogP contribution < -0.4 is 5.73 Å². The summed E-state index contributed by atoms with van der Waals surface area (Å²) in [6, 6.07) is 0. The molecule has 0 aliphatic carbocycles. The highest BCUT2D eigenvalue weighted by atomic mass is 19.2. The quantitative estimate of drug-likeness (QED) is 0.360. The highest BCUT2D eigenvalue weighted by Gasteiger charge is 2.19. The number of anilines is 1. The van der Waals surface area contributed by atoms with E-state index in [4.69, 9.17) is 10.8 Å². The molecule has 0 saturated heterocycles. The molecule has 5 heteroatoms. The number of phenols is 1. The van der Waals surface area contributed by atoms with Crippen LogP contribution in [0.2, 0.25) is 0 Å². The zero-order valence-electron chi connectivity index (χ0n) is 6.16. The first-order valence-electron chi connectivity index (χ1n) is 3.08. The Morgan fingerprint density at radius 1 is 1.08 bits per heavy atom. The van der Waals surface area contributed by atoms with Crippen LogP contribution in [0.4, 0.5) is 18.9 Å². The van der Waals surface area contributed by atoms with Gasteiger partial charge in [0.1, 0.15) is 5.69 Å². The minimum Gasteiger partial charge on any atom is -0.504 e. The van der Waals surface area contributed by atoms with E-state index < -0.39 is 34.5 Å². The third-order valence-corrected chi connectivity index (χ3v) is 1.56. The van der Waals surface area contributed by atoms with Crippen molar-refractivity contribution in [3.8, 4) is 5.75 Å². The van der Waals surface area contributed by atoms with Crippen molar-refractivity contribution in [3.05, 3.63) is 23.0 Å². The Balaban J connectivity index is 3.60. The van der Waals surface area contributed by atoms with Gasteiger partial charge in [0.15, 0.2) is 17.4 Å². The van der Waals surface area contributed by atoms with Crippen LogP contribution in [0.25, 0.3) is 0 Å². The van der Waals surface area contributed by atoms with Crippen molar-refractivity contribution in [2.24, 2.45) is 0 Å². The molecule has 3 N–H and O–H groups in total. The maximum absolute atomic E-state index is 12.7. The van der Waals surface area contributed by atoms with E-state index in [2.05, 4.69) is 0 Å². The van der Waals surface area contributed by atoms with Crippen molar-refractivity contribution in [3.63, 3.8) is 0 Å². The van der Waals surface area contributed by atoms with Gasteiger partial charge in [0.25, 0.3) is 0 Å². The fraction of sp³-hybridized carbons (Fsp3) is 0.143. The van der Waals surface area contributed by atoms with Gasteiger partial charge in [0, 0.05) is 5.56 Å². The molecule has 0 fully saturated rings. The van der Waals surface area contributed by atoms with Crippen LogP contribution >= 0.6 is 0 Å². The Morgan fingerprint density at radius 2 is 1.58 bits per heavy atom. The number of hydrogen-bond acceptors (Lipinski definition) is 2. The van der Waals surface area contributed by atoms with Crippen molar-refractivity contribution >= 4 is 5.69 Å². The second-order valence-electron chi connectivity index (χ2n) is 2.33. The molecule has 0 radical (unpaired) electrons. The van der Waals surface area contributed by atoms with E-state index in [1.165, 1.54) is 0 Å². The highest BCUT2D eigenvalue weighted by Crippen LogP contribution is 2.30.